The monoisotopic (exact) mass is 545 g/mol. The molecule has 0 aliphatic carbocycles. The number of aromatic nitrogens is 1. The van der Waals surface area contributed by atoms with Gasteiger partial charge in [0.25, 0.3) is 0 Å². The molecule has 2 fully saturated rings. The minimum absolute atomic E-state index is 0.124. The maximum Gasteiger partial charge on any atom is 0.309 e. The van der Waals surface area contributed by atoms with E-state index >= 15 is 4.39 Å². The molecule has 216 valence electrons. The molecule has 2 saturated heterocycles. The minimum atomic E-state index is -1.38. The molecule has 3 heterocycles. The van der Waals surface area contributed by atoms with Gasteiger partial charge < -0.3 is 19.7 Å². The summed E-state index contributed by atoms with van der Waals surface area (Å²) in [5.41, 5.74) is -0.420. The largest absolute Gasteiger partial charge is 0.455 e. The molecule has 0 bridgehead atoms. The van der Waals surface area contributed by atoms with Gasteiger partial charge >= 0.3 is 5.97 Å². The van der Waals surface area contributed by atoms with E-state index in [2.05, 4.69) is 4.98 Å². The summed E-state index contributed by atoms with van der Waals surface area (Å²) in [6.45, 7) is 10.9. The lowest BCUT2D eigenvalue weighted by molar-refractivity contribution is -0.155. The molecule has 2 aliphatic heterocycles. The number of hydrogen-bond donors (Lipinski definition) is 2. The summed E-state index contributed by atoms with van der Waals surface area (Å²) in [4.78, 5) is 30.8. The van der Waals surface area contributed by atoms with Crippen molar-refractivity contribution in [2.24, 2.45) is 17.3 Å². The Labute approximate surface area is 231 Å². The number of cyclic esters (lactones) is 1. The number of epoxide rings is 1. The molecule has 1 aromatic rings. The molecular formula is C31H44FNO6. The number of aliphatic hydroxyl groups excluding tert-OH is 2. The quantitative estimate of drug-likeness (QED) is 0.298. The molecule has 0 amide bonds. The molecule has 2 unspecified atom stereocenters. The smallest absolute Gasteiger partial charge is 0.309 e. The Kier molecular flexibility index (Phi) is 10.2. The van der Waals surface area contributed by atoms with Crippen molar-refractivity contribution >= 4 is 17.8 Å². The number of Topliss-reactive ketones (excluding diaryl/α,β-unsaturated/α-hetero) is 1. The van der Waals surface area contributed by atoms with Gasteiger partial charge in [0, 0.05) is 18.5 Å². The second-order valence-corrected chi connectivity index (χ2v) is 12.2. The fourth-order valence-electron chi connectivity index (χ4n) is 5.28. The lowest BCUT2D eigenvalue weighted by Gasteiger charge is -2.35. The third-order valence-corrected chi connectivity index (χ3v) is 8.29. The Morgan fingerprint density at radius 3 is 2.56 bits per heavy atom. The molecule has 0 radical (unpaired) electrons. The van der Waals surface area contributed by atoms with Crippen molar-refractivity contribution < 1.29 is 33.7 Å². The Hall–Kier alpha value is -2.42. The Bertz CT molecular complexity index is 1070. The number of hydrogen-bond acceptors (Lipinski definition) is 7. The molecule has 7 nitrogen and oxygen atoms in total. The Balaban J connectivity index is 1.90. The Morgan fingerprint density at radius 1 is 1.21 bits per heavy atom. The maximum atomic E-state index is 15.4. The van der Waals surface area contributed by atoms with Gasteiger partial charge in [-0.15, -0.1) is 0 Å². The van der Waals surface area contributed by atoms with E-state index < -0.39 is 53.5 Å². The molecule has 39 heavy (non-hydrogen) atoms. The summed E-state index contributed by atoms with van der Waals surface area (Å²) in [5.74, 6) is -2.70. The first kappa shape index (κ1) is 31.1. The van der Waals surface area contributed by atoms with Crippen molar-refractivity contribution in [2.75, 3.05) is 0 Å². The number of esters is 1. The average Bonchev–Trinajstić information content (AvgIpc) is 3.51. The average molecular weight is 546 g/mol. The third kappa shape index (κ3) is 8.05. The second kappa shape index (κ2) is 12.8. The van der Waals surface area contributed by atoms with Crippen LogP contribution in [0.2, 0.25) is 0 Å². The van der Waals surface area contributed by atoms with Gasteiger partial charge in [-0.3, -0.25) is 14.6 Å². The summed E-state index contributed by atoms with van der Waals surface area (Å²) in [6.07, 6.45) is 2.98. The fraction of sp³-hybridized carbons (Fsp3) is 0.645. The zero-order chi connectivity index (χ0) is 29.0. The fourth-order valence-corrected chi connectivity index (χ4v) is 5.28. The Morgan fingerprint density at radius 2 is 1.92 bits per heavy atom. The SMILES string of the molecule is CC(C)=CC[C@H]1C(=O)C(C)(C)[C@@H](O)CC(=O)O[C@H](C(F)=Cc2ccccn2)CC2OC2(C)CCC[C@H](C)[C@H]1O. The number of carbonyl (C=O) groups excluding carboxylic acids is 2. The first-order chi connectivity index (χ1) is 18.2. The molecule has 0 spiro atoms. The van der Waals surface area contributed by atoms with Crippen LogP contribution in [0.25, 0.3) is 6.08 Å². The van der Waals surface area contributed by atoms with Gasteiger partial charge in [0.05, 0.1) is 41.4 Å². The zero-order valence-corrected chi connectivity index (χ0v) is 24.0. The summed E-state index contributed by atoms with van der Waals surface area (Å²) < 4.78 is 26.9. The highest BCUT2D eigenvalue weighted by Gasteiger charge is 2.53. The third-order valence-electron chi connectivity index (χ3n) is 8.29. The number of carbonyl (C=O) groups is 2. The first-order valence-corrected chi connectivity index (χ1v) is 13.9. The number of rotatable bonds is 4. The molecule has 1 aromatic heterocycles. The van der Waals surface area contributed by atoms with E-state index in [1.165, 1.54) is 6.08 Å². The normalized spacial score (nSPS) is 34.5. The van der Waals surface area contributed by atoms with Crippen LogP contribution in [0.15, 0.2) is 41.9 Å². The summed E-state index contributed by atoms with van der Waals surface area (Å²) >= 11 is 0. The van der Waals surface area contributed by atoms with Crippen molar-refractivity contribution in [2.45, 2.75) is 110 Å². The molecule has 0 aromatic carbocycles. The molecule has 0 saturated carbocycles. The lowest BCUT2D eigenvalue weighted by Crippen LogP contribution is -2.46. The maximum absolute atomic E-state index is 15.4. The molecule has 7 atom stereocenters. The van der Waals surface area contributed by atoms with Crippen LogP contribution in [-0.4, -0.2) is 57.0 Å². The van der Waals surface area contributed by atoms with Crippen LogP contribution in [0.5, 0.6) is 0 Å². The lowest BCUT2D eigenvalue weighted by atomic mass is 9.71. The molecule has 2 aliphatic rings. The van der Waals surface area contributed by atoms with E-state index in [1.54, 1.807) is 38.2 Å². The van der Waals surface area contributed by atoms with Gasteiger partial charge in [0.2, 0.25) is 0 Å². The van der Waals surface area contributed by atoms with Gasteiger partial charge in [-0.2, -0.15) is 0 Å². The van der Waals surface area contributed by atoms with E-state index in [0.29, 0.717) is 25.0 Å². The van der Waals surface area contributed by atoms with Gasteiger partial charge in [-0.05, 0) is 64.2 Å². The van der Waals surface area contributed by atoms with E-state index in [-0.39, 0.29) is 24.2 Å². The topological polar surface area (TPSA) is 109 Å². The zero-order valence-electron chi connectivity index (χ0n) is 24.0. The number of ketones is 1. The number of halogens is 1. The summed E-state index contributed by atoms with van der Waals surface area (Å²) in [6, 6.07) is 5.10. The molecule has 3 rings (SSSR count). The van der Waals surface area contributed by atoms with Crippen molar-refractivity contribution in [1.29, 1.82) is 0 Å². The van der Waals surface area contributed by atoms with Crippen LogP contribution in [0.4, 0.5) is 4.39 Å². The van der Waals surface area contributed by atoms with Crippen LogP contribution >= 0.6 is 0 Å². The van der Waals surface area contributed by atoms with Crippen molar-refractivity contribution in [3.63, 3.8) is 0 Å². The highest BCUT2D eigenvalue weighted by molar-refractivity contribution is 5.88. The number of nitrogens with zero attached hydrogens (tertiary/aromatic N) is 1. The predicted octanol–water partition coefficient (Wildman–Crippen LogP) is 5.35. The van der Waals surface area contributed by atoms with E-state index in [4.69, 9.17) is 9.47 Å². The predicted molar refractivity (Wildman–Crippen MR) is 147 cm³/mol. The van der Waals surface area contributed by atoms with E-state index in [9.17, 15) is 19.8 Å². The number of fused-ring (bicyclic) bond motifs is 1. The van der Waals surface area contributed by atoms with Crippen molar-refractivity contribution in [3.05, 3.63) is 47.6 Å². The highest BCUT2D eigenvalue weighted by Crippen LogP contribution is 2.45. The van der Waals surface area contributed by atoms with Crippen molar-refractivity contribution in [3.8, 4) is 0 Å². The molecule has 2 N–H and O–H groups in total. The van der Waals surface area contributed by atoms with E-state index in [0.717, 1.165) is 12.0 Å². The van der Waals surface area contributed by atoms with Crippen molar-refractivity contribution in [1.82, 2.24) is 4.98 Å². The highest BCUT2D eigenvalue weighted by atomic mass is 19.1. The van der Waals surface area contributed by atoms with Gasteiger partial charge in [-0.25, -0.2) is 4.39 Å². The van der Waals surface area contributed by atoms with E-state index in [1.807, 2.05) is 33.8 Å². The van der Waals surface area contributed by atoms with Crippen LogP contribution in [0, 0.1) is 17.3 Å². The molecule has 8 heteroatoms. The van der Waals surface area contributed by atoms with Gasteiger partial charge in [0.1, 0.15) is 11.6 Å². The number of pyridine rings is 1. The van der Waals surface area contributed by atoms with Crippen LogP contribution in [-0.2, 0) is 19.1 Å². The summed E-state index contributed by atoms with van der Waals surface area (Å²) in [7, 11) is 0. The second-order valence-electron chi connectivity index (χ2n) is 12.2. The van der Waals surface area contributed by atoms with Gasteiger partial charge in [-0.1, -0.05) is 44.9 Å². The molecular weight excluding hydrogens is 501 g/mol. The van der Waals surface area contributed by atoms with Crippen LogP contribution < -0.4 is 0 Å². The van der Waals surface area contributed by atoms with Crippen LogP contribution in [0.1, 0.15) is 85.8 Å². The van der Waals surface area contributed by atoms with Crippen LogP contribution in [0.3, 0.4) is 0 Å². The standard InChI is InChI=1S/C31H44FNO6/c1-19(2)12-13-22-28(36)20(3)10-9-14-31(6)26(39-31)17-24(23(32)16-21-11-7-8-15-33-21)38-27(35)18-25(34)30(4,5)29(22)37/h7-8,11-12,15-16,20,22,24-26,28,34,36H,9-10,13-14,17-18H2,1-6H3/t20-,22+,24-,25-,26?,28+,31?/m0/s1. The summed E-state index contributed by atoms with van der Waals surface area (Å²) in [5, 5.41) is 22.3. The number of ether oxygens (including phenoxy) is 2. The first-order valence-electron chi connectivity index (χ1n) is 13.9. The minimum Gasteiger partial charge on any atom is -0.455 e. The number of allylic oxidation sites excluding steroid dienone is 2. The van der Waals surface area contributed by atoms with Gasteiger partial charge in [0.15, 0.2) is 6.10 Å². The number of aliphatic hydroxyl groups is 2.